The number of benzene rings is 2. The van der Waals surface area contributed by atoms with Gasteiger partial charge in [0.1, 0.15) is 0 Å². The molecule has 0 spiro atoms. The molecular weight excluding hydrogens is 376 g/mol. The molecule has 1 unspecified atom stereocenters. The van der Waals surface area contributed by atoms with Crippen LogP contribution in [0.15, 0.2) is 59.1 Å². The number of carbonyl (C=O) groups excluding carboxylic acids is 1. The fourth-order valence-electron chi connectivity index (χ4n) is 3.56. The van der Waals surface area contributed by atoms with Crippen molar-refractivity contribution in [2.75, 3.05) is 0 Å². The van der Waals surface area contributed by atoms with Gasteiger partial charge in [0.15, 0.2) is 5.78 Å². The van der Waals surface area contributed by atoms with Gasteiger partial charge in [0, 0.05) is 10.9 Å². The summed E-state index contributed by atoms with van der Waals surface area (Å²) in [5.74, 6) is 0.523. The molecule has 0 aromatic heterocycles. The molecule has 0 radical (unpaired) electrons. The van der Waals surface area contributed by atoms with Crippen LogP contribution < -0.4 is 5.19 Å². The van der Waals surface area contributed by atoms with E-state index >= 15 is 0 Å². The molecule has 1 aliphatic rings. The predicted octanol–water partition coefficient (Wildman–Crippen LogP) is 5.52. The second-order valence-corrected chi connectivity index (χ2v) is 13.5. The summed E-state index contributed by atoms with van der Waals surface area (Å²) < 4.78 is 1.06. The summed E-state index contributed by atoms with van der Waals surface area (Å²) in [6.07, 6.45) is 3.39. The van der Waals surface area contributed by atoms with Gasteiger partial charge in [-0.15, -0.1) is 0 Å². The van der Waals surface area contributed by atoms with E-state index in [1.807, 2.05) is 24.3 Å². The zero-order valence-electron chi connectivity index (χ0n) is 14.5. The van der Waals surface area contributed by atoms with Crippen LogP contribution in [0.5, 0.6) is 0 Å². The summed E-state index contributed by atoms with van der Waals surface area (Å²) in [5, 5.41) is 1.48. The zero-order chi connectivity index (χ0) is 17.3. The lowest BCUT2D eigenvalue weighted by atomic mass is 9.81. The third-order valence-corrected chi connectivity index (χ3v) is 7.44. The van der Waals surface area contributed by atoms with Crippen molar-refractivity contribution in [3.05, 3.63) is 70.2 Å². The molecule has 0 N–H and O–H groups in total. The number of hydrogen-bond donors (Lipinski definition) is 0. The van der Waals surface area contributed by atoms with Gasteiger partial charge in [-0.3, -0.25) is 4.79 Å². The minimum absolute atomic E-state index is 0.238. The highest BCUT2D eigenvalue weighted by molar-refractivity contribution is 9.10. The van der Waals surface area contributed by atoms with Crippen molar-refractivity contribution >= 4 is 40.5 Å². The first-order valence-electron chi connectivity index (χ1n) is 8.44. The first kappa shape index (κ1) is 17.4. The number of allylic oxidation sites excluding steroid dienone is 2. The third-order valence-electron chi connectivity index (χ3n) is 4.68. The number of halogens is 1. The summed E-state index contributed by atoms with van der Waals surface area (Å²) in [4.78, 5) is 12.4. The van der Waals surface area contributed by atoms with Crippen molar-refractivity contribution in [3.8, 4) is 0 Å². The maximum atomic E-state index is 12.4. The maximum Gasteiger partial charge on any atom is 0.156 e. The number of rotatable bonds is 3. The Kier molecular flexibility index (Phi) is 4.93. The van der Waals surface area contributed by atoms with Gasteiger partial charge >= 0.3 is 0 Å². The molecule has 24 heavy (non-hydrogen) atoms. The second-order valence-electron chi connectivity index (χ2n) is 7.56. The number of hydrogen-bond acceptors (Lipinski definition) is 1. The molecule has 1 aliphatic carbocycles. The monoisotopic (exact) mass is 398 g/mol. The Morgan fingerprint density at radius 1 is 0.958 bits per heavy atom. The molecule has 3 rings (SSSR count). The van der Waals surface area contributed by atoms with E-state index in [1.165, 1.54) is 10.8 Å². The van der Waals surface area contributed by atoms with Gasteiger partial charge in [-0.1, -0.05) is 83.2 Å². The average Bonchev–Trinajstić information content (AvgIpc) is 2.54. The highest BCUT2D eigenvalue weighted by atomic mass is 79.9. The summed E-state index contributed by atoms with van der Waals surface area (Å²) in [6.45, 7) is 7.13. The second kappa shape index (κ2) is 6.81. The Bertz CT molecular complexity index is 801. The molecule has 0 heterocycles. The molecule has 2 aromatic carbocycles. The van der Waals surface area contributed by atoms with Crippen molar-refractivity contribution in [2.45, 2.75) is 38.4 Å². The lowest BCUT2D eigenvalue weighted by Gasteiger charge is -2.29. The Hall–Kier alpha value is -1.45. The molecule has 1 nitrogen and oxygen atoms in total. The molecule has 3 heteroatoms. The topological polar surface area (TPSA) is 17.1 Å². The van der Waals surface area contributed by atoms with E-state index in [-0.39, 0.29) is 11.7 Å². The SMILES string of the molecule is C[Si](C)(C)c1ccccc1C1CC(=O)C=C(c2ccccc2Br)C1. The van der Waals surface area contributed by atoms with E-state index in [9.17, 15) is 4.79 Å². The van der Waals surface area contributed by atoms with Gasteiger partial charge < -0.3 is 0 Å². The Balaban J connectivity index is 2.00. The highest BCUT2D eigenvalue weighted by Crippen LogP contribution is 2.38. The van der Waals surface area contributed by atoms with Gasteiger partial charge in [0.2, 0.25) is 0 Å². The zero-order valence-corrected chi connectivity index (χ0v) is 17.1. The van der Waals surface area contributed by atoms with Crippen LogP contribution in [0.3, 0.4) is 0 Å². The van der Waals surface area contributed by atoms with Crippen molar-refractivity contribution in [3.63, 3.8) is 0 Å². The maximum absolute atomic E-state index is 12.4. The fourth-order valence-corrected chi connectivity index (χ4v) is 5.85. The van der Waals surface area contributed by atoms with Gasteiger partial charge in [0.05, 0.1) is 8.07 Å². The van der Waals surface area contributed by atoms with Crippen LogP contribution in [-0.2, 0) is 4.79 Å². The normalized spacial score (nSPS) is 18.4. The Morgan fingerprint density at radius 2 is 1.62 bits per heavy atom. The van der Waals surface area contributed by atoms with E-state index < -0.39 is 8.07 Å². The van der Waals surface area contributed by atoms with E-state index in [0.717, 1.165) is 22.0 Å². The van der Waals surface area contributed by atoms with Crippen LogP contribution in [0.25, 0.3) is 5.57 Å². The van der Waals surface area contributed by atoms with Crippen LogP contribution in [-0.4, -0.2) is 13.9 Å². The molecule has 0 saturated heterocycles. The predicted molar refractivity (Wildman–Crippen MR) is 109 cm³/mol. The molecule has 1 atom stereocenters. The highest BCUT2D eigenvalue weighted by Gasteiger charge is 2.28. The molecule has 2 aromatic rings. The van der Waals surface area contributed by atoms with Crippen molar-refractivity contribution < 1.29 is 4.79 Å². The molecular formula is C21H23BrOSi. The van der Waals surface area contributed by atoms with Crippen LogP contribution in [0, 0.1) is 0 Å². The van der Waals surface area contributed by atoms with Crippen LogP contribution in [0.4, 0.5) is 0 Å². The first-order chi connectivity index (χ1) is 11.4. The molecule has 124 valence electrons. The third kappa shape index (κ3) is 3.62. The number of carbonyl (C=O) groups is 1. The van der Waals surface area contributed by atoms with Crippen LogP contribution in [0.2, 0.25) is 19.6 Å². The fraction of sp³-hybridized carbons (Fsp3) is 0.286. The van der Waals surface area contributed by atoms with Gasteiger partial charge in [-0.05, 0) is 41.2 Å². The van der Waals surface area contributed by atoms with E-state index in [0.29, 0.717) is 6.42 Å². The molecule has 0 amide bonds. The summed E-state index contributed by atoms with van der Waals surface area (Å²) in [5.41, 5.74) is 3.66. The van der Waals surface area contributed by atoms with Crippen molar-refractivity contribution in [1.82, 2.24) is 0 Å². The Labute approximate surface area is 153 Å². The molecule has 0 saturated carbocycles. The van der Waals surface area contributed by atoms with Gasteiger partial charge in [-0.2, -0.15) is 0 Å². The summed E-state index contributed by atoms with van der Waals surface area (Å²) >= 11 is 3.63. The van der Waals surface area contributed by atoms with E-state index in [2.05, 4.69) is 65.9 Å². The Morgan fingerprint density at radius 3 is 2.33 bits per heavy atom. The lowest BCUT2D eigenvalue weighted by Crippen LogP contribution is -2.41. The summed E-state index contributed by atoms with van der Waals surface area (Å²) in [6, 6.07) is 16.9. The minimum Gasteiger partial charge on any atom is -0.295 e. The largest absolute Gasteiger partial charge is 0.295 e. The quantitative estimate of drug-likeness (QED) is 0.621. The van der Waals surface area contributed by atoms with Gasteiger partial charge in [-0.25, -0.2) is 0 Å². The minimum atomic E-state index is -1.44. The lowest BCUT2D eigenvalue weighted by molar-refractivity contribution is -0.115. The van der Waals surface area contributed by atoms with Crippen molar-refractivity contribution in [2.24, 2.45) is 0 Å². The molecule has 0 aliphatic heterocycles. The number of ketones is 1. The van der Waals surface area contributed by atoms with E-state index in [1.54, 1.807) is 0 Å². The summed E-state index contributed by atoms with van der Waals surface area (Å²) in [7, 11) is -1.44. The first-order valence-corrected chi connectivity index (χ1v) is 12.7. The van der Waals surface area contributed by atoms with E-state index in [4.69, 9.17) is 0 Å². The standard InChI is InChI=1S/C21H23BrOSi/c1-24(2,3)21-11-7-5-9-19(21)16-12-15(13-17(23)14-16)18-8-4-6-10-20(18)22/h4-11,13,16H,12,14H2,1-3H3. The average molecular weight is 399 g/mol. The van der Waals surface area contributed by atoms with Crippen molar-refractivity contribution in [1.29, 1.82) is 0 Å². The van der Waals surface area contributed by atoms with Gasteiger partial charge in [0.25, 0.3) is 0 Å². The van der Waals surface area contributed by atoms with Crippen LogP contribution in [0.1, 0.15) is 29.9 Å². The smallest absolute Gasteiger partial charge is 0.156 e. The molecule has 0 fully saturated rings. The molecule has 0 bridgehead atoms. The van der Waals surface area contributed by atoms with Crippen LogP contribution >= 0.6 is 15.9 Å².